The van der Waals surface area contributed by atoms with Crippen molar-refractivity contribution in [3.8, 4) is 0 Å². The van der Waals surface area contributed by atoms with E-state index in [4.69, 9.17) is 0 Å². The quantitative estimate of drug-likeness (QED) is 0.825. The average Bonchev–Trinajstić information content (AvgIpc) is 2.89. The summed E-state index contributed by atoms with van der Waals surface area (Å²) in [7, 11) is 0. The summed E-state index contributed by atoms with van der Waals surface area (Å²) in [6.07, 6.45) is 4.97. The molecule has 2 aromatic heterocycles. The second-order valence-corrected chi connectivity index (χ2v) is 5.42. The normalized spacial score (nSPS) is 19.5. The summed E-state index contributed by atoms with van der Waals surface area (Å²) in [5.74, 6) is -0.341. The molecular weight excluding hydrogens is 264 g/mol. The first-order valence-electron chi connectivity index (χ1n) is 6.22. The van der Waals surface area contributed by atoms with Crippen LogP contribution >= 0.6 is 11.3 Å². The van der Waals surface area contributed by atoms with E-state index in [2.05, 4.69) is 15.6 Å². The number of carbonyl (C=O) groups excluding carboxylic acids is 1. The molecule has 0 saturated carbocycles. The zero-order chi connectivity index (χ0) is 13.2. The van der Waals surface area contributed by atoms with Gasteiger partial charge in [0, 0.05) is 30.4 Å². The van der Waals surface area contributed by atoms with Gasteiger partial charge >= 0.3 is 0 Å². The Balaban J connectivity index is 1.84. The Morgan fingerprint density at radius 3 is 3.26 bits per heavy atom. The second-order valence-electron chi connectivity index (χ2n) is 4.55. The summed E-state index contributed by atoms with van der Waals surface area (Å²) in [6.45, 7) is 1.73. The Morgan fingerprint density at radius 2 is 2.47 bits per heavy atom. The number of nitrogens with zero attached hydrogens (tertiary/aromatic N) is 2. The van der Waals surface area contributed by atoms with Gasteiger partial charge in [0.2, 0.25) is 0 Å². The van der Waals surface area contributed by atoms with E-state index in [9.17, 15) is 9.59 Å². The first kappa shape index (κ1) is 12.3. The number of nitrogens with one attached hydrogen (secondary N) is 2. The van der Waals surface area contributed by atoms with Crippen LogP contribution in [0.5, 0.6) is 0 Å². The molecule has 3 rings (SSSR count). The highest BCUT2D eigenvalue weighted by Gasteiger charge is 2.19. The number of thiazole rings is 1. The van der Waals surface area contributed by atoms with Crippen LogP contribution in [-0.4, -0.2) is 34.4 Å². The summed E-state index contributed by atoms with van der Waals surface area (Å²) in [6, 6.07) is 0.0869. The van der Waals surface area contributed by atoms with Crippen LogP contribution in [0.2, 0.25) is 0 Å². The van der Waals surface area contributed by atoms with Crippen molar-refractivity contribution in [2.45, 2.75) is 18.9 Å². The molecule has 1 saturated heterocycles. The third-order valence-electron chi connectivity index (χ3n) is 3.22. The molecule has 19 heavy (non-hydrogen) atoms. The molecule has 0 unspecified atom stereocenters. The van der Waals surface area contributed by atoms with Crippen molar-refractivity contribution in [1.29, 1.82) is 0 Å². The number of fused-ring (bicyclic) bond motifs is 1. The highest BCUT2D eigenvalue weighted by Crippen LogP contribution is 2.06. The number of hydrogen-bond donors (Lipinski definition) is 2. The van der Waals surface area contributed by atoms with E-state index in [-0.39, 0.29) is 23.1 Å². The molecule has 1 atom stereocenters. The number of hydrogen-bond acceptors (Lipinski definition) is 5. The lowest BCUT2D eigenvalue weighted by atomic mass is 10.1. The van der Waals surface area contributed by atoms with Gasteiger partial charge in [0.15, 0.2) is 4.96 Å². The lowest BCUT2D eigenvalue weighted by Gasteiger charge is -2.23. The van der Waals surface area contributed by atoms with Crippen LogP contribution in [0, 0.1) is 0 Å². The highest BCUT2D eigenvalue weighted by atomic mass is 32.1. The SMILES string of the molecule is O=C(N[C@H]1CCCNC1)c1cnc2sccn2c1=O. The molecule has 2 aromatic rings. The van der Waals surface area contributed by atoms with E-state index in [0.717, 1.165) is 25.9 Å². The molecule has 0 spiro atoms. The largest absolute Gasteiger partial charge is 0.348 e. The monoisotopic (exact) mass is 278 g/mol. The lowest BCUT2D eigenvalue weighted by molar-refractivity contribution is 0.0928. The highest BCUT2D eigenvalue weighted by molar-refractivity contribution is 7.15. The maximum atomic E-state index is 12.1. The fourth-order valence-corrected chi connectivity index (χ4v) is 2.89. The number of rotatable bonds is 2. The Morgan fingerprint density at radius 1 is 1.58 bits per heavy atom. The molecule has 0 radical (unpaired) electrons. The number of aromatic nitrogens is 2. The van der Waals surface area contributed by atoms with Crippen LogP contribution in [0.25, 0.3) is 4.96 Å². The molecule has 100 valence electrons. The van der Waals surface area contributed by atoms with E-state index >= 15 is 0 Å². The molecule has 1 aliphatic rings. The number of piperidine rings is 1. The minimum absolute atomic E-state index is 0.0869. The van der Waals surface area contributed by atoms with Crippen LogP contribution in [-0.2, 0) is 0 Å². The van der Waals surface area contributed by atoms with Gasteiger partial charge in [-0.2, -0.15) is 0 Å². The van der Waals surface area contributed by atoms with Gasteiger partial charge in [0.25, 0.3) is 11.5 Å². The maximum Gasteiger partial charge on any atom is 0.271 e. The van der Waals surface area contributed by atoms with Crippen molar-refractivity contribution in [2.75, 3.05) is 13.1 Å². The van der Waals surface area contributed by atoms with Crippen LogP contribution in [0.3, 0.4) is 0 Å². The van der Waals surface area contributed by atoms with Crippen LogP contribution in [0.4, 0.5) is 0 Å². The van der Waals surface area contributed by atoms with Gasteiger partial charge in [-0.05, 0) is 19.4 Å². The maximum absolute atomic E-state index is 12.1. The van der Waals surface area contributed by atoms with Crippen molar-refractivity contribution in [2.24, 2.45) is 0 Å². The molecule has 0 bridgehead atoms. The summed E-state index contributed by atoms with van der Waals surface area (Å²) >= 11 is 1.37. The number of carbonyl (C=O) groups is 1. The zero-order valence-electron chi connectivity index (χ0n) is 10.3. The Labute approximate surface area is 113 Å². The van der Waals surface area contributed by atoms with Crippen molar-refractivity contribution in [3.05, 3.63) is 33.7 Å². The fourth-order valence-electron chi connectivity index (χ4n) is 2.22. The molecule has 3 heterocycles. The van der Waals surface area contributed by atoms with E-state index in [0.29, 0.717) is 4.96 Å². The smallest absolute Gasteiger partial charge is 0.271 e. The summed E-state index contributed by atoms with van der Waals surface area (Å²) in [5, 5.41) is 7.88. The molecular formula is C12H14N4O2S. The van der Waals surface area contributed by atoms with Crippen molar-refractivity contribution in [1.82, 2.24) is 20.0 Å². The third kappa shape index (κ3) is 2.39. The first-order chi connectivity index (χ1) is 9.25. The third-order valence-corrected chi connectivity index (χ3v) is 3.99. The molecule has 0 aliphatic carbocycles. The predicted molar refractivity (Wildman–Crippen MR) is 72.7 cm³/mol. The van der Waals surface area contributed by atoms with E-state index in [1.807, 2.05) is 0 Å². The van der Waals surface area contributed by atoms with Crippen molar-refractivity contribution in [3.63, 3.8) is 0 Å². The molecule has 7 heteroatoms. The minimum atomic E-state index is -0.341. The van der Waals surface area contributed by atoms with Gasteiger partial charge in [0.05, 0.1) is 0 Å². The topological polar surface area (TPSA) is 75.5 Å². The average molecular weight is 278 g/mol. The second kappa shape index (κ2) is 5.10. The Kier molecular flexibility index (Phi) is 3.31. The van der Waals surface area contributed by atoms with Crippen LogP contribution in [0.1, 0.15) is 23.2 Å². The van der Waals surface area contributed by atoms with Gasteiger partial charge in [-0.3, -0.25) is 14.0 Å². The van der Waals surface area contributed by atoms with Gasteiger partial charge in [-0.15, -0.1) is 11.3 Å². The van der Waals surface area contributed by atoms with Crippen molar-refractivity contribution < 1.29 is 4.79 Å². The van der Waals surface area contributed by atoms with Gasteiger partial charge in [0.1, 0.15) is 5.56 Å². The Bertz CT molecular complexity index is 657. The predicted octanol–water partition coefficient (Wildman–Crippen LogP) is 0.238. The summed E-state index contributed by atoms with van der Waals surface area (Å²) in [5.41, 5.74) is -0.214. The van der Waals surface area contributed by atoms with E-state index in [1.165, 1.54) is 21.9 Å². The van der Waals surface area contributed by atoms with Crippen LogP contribution < -0.4 is 16.2 Å². The fraction of sp³-hybridized carbons (Fsp3) is 0.417. The molecule has 1 amide bonds. The van der Waals surface area contributed by atoms with Crippen molar-refractivity contribution >= 4 is 22.2 Å². The zero-order valence-corrected chi connectivity index (χ0v) is 11.1. The van der Waals surface area contributed by atoms with Gasteiger partial charge in [-0.1, -0.05) is 0 Å². The molecule has 6 nitrogen and oxygen atoms in total. The van der Waals surface area contributed by atoms with E-state index in [1.54, 1.807) is 11.6 Å². The van der Waals surface area contributed by atoms with Gasteiger partial charge < -0.3 is 10.6 Å². The lowest BCUT2D eigenvalue weighted by Crippen LogP contribution is -2.46. The molecule has 1 fully saturated rings. The molecule has 1 aliphatic heterocycles. The molecule has 2 N–H and O–H groups in total. The minimum Gasteiger partial charge on any atom is -0.348 e. The first-order valence-corrected chi connectivity index (χ1v) is 7.10. The van der Waals surface area contributed by atoms with Gasteiger partial charge in [-0.25, -0.2) is 4.98 Å². The van der Waals surface area contributed by atoms with E-state index < -0.39 is 0 Å². The number of amides is 1. The standard InChI is InChI=1S/C12H14N4O2S/c17-10(15-8-2-1-3-13-6-8)9-7-14-12-16(11(9)18)4-5-19-12/h4-5,7-8,13H,1-3,6H2,(H,15,17)/t8-/m0/s1. The Hall–Kier alpha value is -1.73. The summed E-state index contributed by atoms with van der Waals surface area (Å²) in [4.78, 5) is 29.0. The van der Waals surface area contributed by atoms with Crippen LogP contribution in [0.15, 0.2) is 22.6 Å². The molecule has 0 aromatic carbocycles. The summed E-state index contributed by atoms with van der Waals surface area (Å²) < 4.78 is 1.40.